The zero-order valence-corrected chi connectivity index (χ0v) is 27.9. The summed E-state index contributed by atoms with van der Waals surface area (Å²) < 4.78 is 13.8. The Morgan fingerprint density at radius 1 is 0.431 bits per heavy atom. The van der Waals surface area contributed by atoms with E-state index in [0.717, 1.165) is 104 Å². The van der Waals surface area contributed by atoms with Crippen LogP contribution in [0.2, 0.25) is 0 Å². The van der Waals surface area contributed by atoms with Gasteiger partial charge in [-0.25, -0.2) is 9.97 Å². The van der Waals surface area contributed by atoms with Crippen molar-refractivity contribution in [2.75, 3.05) is 0 Å². The van der Waals surface area contributed by atoms with Crippen LogP contribution in [-0.4, -0.2) is 9.97 Å². The van der Waals surface area contributed by atoms with E-state index >= 15 is 0 Å². The van der Waals surface area contributed by atoms with E-state index in [2.05, 4.69) is 127 Å². The molecule has 11 aromatic rings. The Hall–Kier alpha value is -6.56. The summed E-state index contributed by atoms with van der Waals surface area (Å²) in [4.78, 5) is 11.0. The topological polar surface area (TPSA) is 52.1 Å². The van der Waals surface area contributed by atoms with Crippen molar-refractivity contribution >= 4 is 75.6 Å². The van der Waals surface area contributed by atoms with E-state index in [0.29, 0.717) is 0 Å². The number of aromatic nitrogens is 2. The molecular weight excluding hydrogens is 645 g/mol. The van der Waals surface area contributed by atoms with Gasteiger partial charge in [-0.15, -0.1) is 11.3 Å². The van der Waals surface area contributed by atoms with Crippen LogP contribution in [0.3, 0.4) is 0 Å². The Morgan fingerprint density at radius 2 is 0.961 bits per heavy atom. The van der Waals surface area contributed by atoms with Gasteiger partial charge in [0.2, 0.25) is 0 Å². The molecule has 0 saturated carbocycles. The lowest BCUT2D eigenvalue weighted by molar-refractivity contribution is 0.669. The van der Waals surface area contributed by atoms with Gasteiger partial charge in [0.1, 0.15) is 32.7 Å². The van der Waals surface area contributed by atoms with Gasteiger partial charge >= 0.3 is 0 Å². The maximum absolute atomic E-state index is 6.31. The molecule has 0 bridgehead atoms. The summed E-state index contributed by atoms with van der Waals surface area (Å²) in [5.74, 6) is 0. The normalized spacial score (nSPS) is 11.9. The highest BCUT2D eigenvalue weighted by atomic mass is 32.1. The van der Waals surface area contributed by atoms with Gasteiger partial charge in [0.25, 0.3) is 0 Å². The Bertz CT molecular complexity index is 2920. The Morgan fingerprint density at radius 3 is 1.59 bits per heavy atom. The Balaban J connectivity index is 0.932. The van der Waals surface area contributed by atoms with Gasteiger partial charge < -0.3 is 8.83 Å². The number of hydrogen-bond donors (Lipinski definition) is 0. The molecule has 4 aromatic heterocycles. The predicted octanol–water partition coefficient (Wildman–Crippen LogP) is 13.3. The van der Waals surface area contributed by atoms with E-state index in [1.807, 2.05) is 30.5 Å². The van der Waals surface area contributed by atoms with Crippen molar-refractivity contribution in [3.63, 3.8) is 0 Å². The number of hydrogen-bond acceptors (Lipinski definition) is 5. The van der Waals surface area contributed by atoms with Crippen molar-refractivity contribution in [1.82, 2.24) is 9.97 Å². The average molecular weight is 671 g/mol. The van der Waals surface area contributed by atoms with Gasteiger partial charge in [0.05, 0.1) is 11.9 Å². The fraction of sp³-hybridized carbons (Fsp3) is 0. The molecule has 4 nitrogen and oxygen atoms in total. The molecular formula is C46H26N2O2S. The minimum Gasteiger partial charge on any atom is -0.455 e. The molecule has 0 aliphatic rings. The summed E-state index contributed by atoms with van der Waals surface area (Å²) >= 11 is 1.68. The third-order valence-electron chi connectivity index (χ3n) is 10.0. The lowest BCUT2D eigenvalue weighted by atomic mass is 9.98. The first-order chi connectivity index (χ1) is 25.2. The molecule has 11 rings (SSSR count). The van der Waals surface area contributed by atoms with E-state index in [1.54, 1.807) is 11.3 Å². The third kappa shape index (κ3) is 4.45. The van der Waals surface area contributed by atoms with Gasteiger partial charge in [-0.3, -0.25) is 0 Å². The molecule has 5 heteroatoms. The number of nitrogens with zero attached hydrogens (tertiary/aromatic N) is 2. The summed E-state index contributed by atoms with van der Waals surface area (Å²) in [6.07, 6.45) is 1.88. The van der Waals surface area contributed by atoms with Crippen LogP contribution in [0, 0.1) is 0 Å². The maximum Gasteiger partial charge on any atom is 0.143 e. The van der Waals surface area contributed by atoms with E-state index in [4.69, 9.17) is 18.8 Å². The van der Waals surface area contributed by atoms with Crippen molar-refractivity contribution in [3.05, 3.63) is 158 Å². The van der Waals surface area contributed by atoms with Crippen molar-refractivity contribution in [3.8, 4) is 44.6 Å². The molecule has 0 fully saturated rings. The Labute approximate surface area is 295 Å². The summed E-state index contributed by atoms with van der Waals surface area (Å²) in [6.45, 7) is 0. The van der Waals surface area contributed by atoms with Crippen LogP contribution in [0.1, 0.15) is 0 Å². The first-order valence-corrected chi connectivity index (χ1v) is 17.8. The number of fused-ring (bicyclic) bond motifs is 9. The Kier molecular flexibility index (Phi) is 6.09. The fourth-order valence-corrected chi connectivity index (χ4v) is 8.43. The van der Waals surface area contributed by atoms with Crippen LogP contribution in [0.25, 0.3) is 109 Å². The molecule has 0 saturated heterocycles. The lowest BCUT2D eigenvalue weighted by Crippen LogP contribution is -1.87. The summed E-state index contributed by atoms with van der Waals surface area (Å²) in [6, 6.07) is 53.1. The SMILES string of the molecule is c1ccc2c(c1)oc1c(-c3ccc(-c4ccc5sc6ncc(-c7ccc(-c8cccc9c8oc8ccccc89)cc7)nc6c5c4)cc3)cccc12. The summed E-state index contributed by atoms with van der Waals surface area (Å²) in [5.41, 5.74) is 13.1. The van der Waals surface area contributed by atoms with Crippen LogP contribution < -0.4 is 0 Å². The minimum absolute atomic E-state index is 0.852. The molecule has 0 radical (unpaired) electrons. The molecule has 0 spiro atoms. The zero-order valence-electron chi connectivity index (χ0n) is 27.1. The van der Waals surface area contributed by atoms with Gasteiger partial charge in [-0.05, 0) is 46.5 Å². The second-order valence-corrected chi connectivity index (χ2v) is 14.0. The average Bonchev–Trinajstić information content (AvgIpc) is 3.89. The minimum atomic E-state index is 0.852. The molecule has 0 atom stereocenters. The number of benzene rings is 7. The van der Waals surface area contributed by atoms with Crippen molar-refractivity contribution in [1.29, 1.82) is 0 Å². The quantitative estimate of drug-likeness (QED) is 0.187. The smallest absolute Gasteiger partial charge is 0.143 e. The molecule has 7 aromatic carbocycles. The van der Waals surface area contributed by atoms with E-state index < -0.39 is 0 Å². The molecule has 0 N–H and O–H groups in total. The van der Waals surface area contributed by atoms with Gasteiger partial charge in [0, 0.05) is 48.3 Å². The zero-order chi connectivity index (χ0) is 33.5. The van der Waals surface area contributed by atoms with E-state index in [1.165, 1.54) is 4.70 Å². The highest BCUT2D eigenvalue weighted by molar-refractivity contribution is 7.25. The van der Waals surface area contributed by atoms with Crippen LogP contribution >= 0.6 is 11.3 Å². The molecule has 238 valence electrons. The van der Waals surface area contributed by atoms with Crippen LogP contribution in [0.15, 0.2) is 167 Å². The summed E-state index contributed by atoms with van der Waals surface area (Å²) in [5, 5.41) is 5.66. The van der Waals surface area contributed by atoms with Crippen LogP contribution in [0.5, 0.6) is 0 Å². The molecule has 4 heterocycles. The first kappa shape index (κ1) is 28.3. The molecule has 51 heavy (non-hydrogen) atoms. The molecule has 0 unspecified atom stereocenters. The van der Waals surface area contributed by atoms with Crippen molar-refractivity contribution in [2.24, 2.45) is 0 Å². The van der Waals surface area contributed by atoms with Crippen molar-refractivity contribution < 1.29 is 8.83 Å². The number of furan rings is 2. The van der Waals surface area contributed by atoms with E-state index in [-0.39, 0.29) is 0 Å². The molecule has 0 aliphatic carbocycles. The van der Waals surface area contributed by atoms with Crippen LogP contribution in [0.4, 0.5) is 0 Å². The number of thiophene rings is 1. The standard InChI is InChI=1S/C46H26N2O2S/c1-3-13-40-34(7-1)36-11-5-9-32(44(36)49-40)28-17-15-27(16-18-28)31-23-24-42-38(25-31)43-46(51-42)47-26-39(48-43)30-21-19-29(20-22-30)33-10-6-12-37-35-8-2-4-14-41(35)50-45(33)37/h1-26H. The second-order valence-electron chi connectivity index (χ2n) is 12.9. The van der Waals surface area contributed by atoms with Gasteiger partial charge in [-0.2, -0.15) is 0 Å². The highest BCUT2D eigenvalue weighted by Gasteiger charge is 2.15. The number of para-hydroxylation sites is 4. The van der Waals surface area contributed by atoms with Crippen LogP contribution in [-0.2, 0) is 0 Å². The molecule has 0 amide bonds. The summed E-state index contributed by atoms with van der Waals surface area (Å²) in [7, 11) is 0. The third-order valence-corrected chi connectivity index (χ3v) is 11.1. The molecule has 0 aliphatic heterocycles. The van der Waals surface area contributed by atoms with Crippen molar-refractivity contribution in [2.45, 2.75) is 0 Å². The fourth-order valence-electron chi connectivity index (χ4n) is 7.47. The lowest BCUT2D eigenvalue weighted by Gasteiger charge is -2.07. The largest absolute Gasteiger partial charge is 0.455 e. The number of rotatable bonds is 4. The van der Waals surface area contributed by atoms with Gasteiger partial charge in [0.15, 0.2) is 0 Å². The first-order valence-electron chi connectivity index (χ1n) is 17.0. The monoisotopic (exact) mass is 670 g/mol. The van der Waals surface area contributed by atoms with E-state index in [9.17, 15) is 0 Å². The predicted molar refractivity (Wildman–Crippen MR) is 211 cm³/mol. The maximum atomic E-state index is 6.31. The highest BCUT2D eigenvalue weighted by Crippen LogP contribution is 2.40. The second kappa shape index (κ2) is 11.0. The van der Waals surface area contributed by atoms with Gasteiger partial charge in [-0.1, -0.05) is 127 Å².